The predicted octanol–water partition coefficient (Wildman–Crippen LogP) is 2.49. The first-order valence-corrected chi connectivity index (χ1v) is 8.38. The molecule has 1 unspecified atom stereocenters. The van der Waals surface area contributed by atoms with Crippen molar-refractivity contribution in [1.29, 1.82) is 0 Å². The summed E-state index contributed by atoms with van der Waals surface area (Å²) in [6.07, 6.45) is 0. The Kier molecular flexibility index (Phi) is 5.02. The van der Waals surface area contributed by atoms with Crippen molar-refractivity contribution in [2.24, 2.45) is 0 Å². The summed E-state index contributed by atoms with van der Waals surface area (Å²) in [5.41, 5.74) is 1.88. The molecule has 0 saturated carbocycles. The summed E-state index contributed by atoms with van der Waals surface area (Å²) >= 11 is 0. The Bertz CT molecular complexity index is 848. The molecule has 0 fully saturated rings. The number of hydrogen-bond acceptors (Lipinski definition) is 4. The standard InChI is InChI=1S/C20H20N2O4/c1-13(15-6-4-3-5-7-15)21-19(24)11-22-17-10-16(14(2)23)8-9-18(17)26-12-20(22)25/h3-10,13H,11-12H2,1-2H3,(H,21,24). The normalized spacial score (nSPS) is 14.2. The van der Waals surface area contributed by atoms with Gasteiger partial charge in [0.2, 0.25) is 5.91 Å². The van der Waals surface area contributed by atoms with Gasteiger partial charge in [0.1, 0.15) is 12.3 Å². The predicted molar refractivity (Wildman–Crippen MR) is 97.3 cm³/mol. The van der Waals surface area contributed by atoms with Crippen LogP contribution in [-0.4, -0.2) is 30.7 Å². The largest absolute Gasteiger partial charge is 0.482 e. The Balaban J connectivity index is 1.77. The molecule has 1 N–H and O–H groups in total. The van der Waals surface area contributed by atoms with Crippen LogP contribution >= 0.6 is 0 Å². The Labute approximate surface area is 151 Å². The van der Waals surface area contributed by atoms with E-state index in [2.05, 4.69) is 5.32 Å². The van der Waals surface area contributed by atoms with Crippen molar-refractivity contribution in [2.75, 3.05) is 18.1 Å². The van der Waals surface area contributed by atoms with E-state index in [1.165, 1.54) is 11.8 Å². The first-order valence-electron chi connectivity index (χ1n) is 8.38. The zero-order valence-electron chi connectivity index (χ0n) is 14.7. The minimum Gasteiger partial charge on any atom is -0.482 e. The van der Waals surface area contributed by atoms with Crippen LogP contribution in [0.5, 0.6) is 5.75 Å². The average molecular weight is 352 g/mol. The van der Waals surface area contributed by atoms with Gasteiger partial charge in [-0.05, 0) is 37.6 Å². The Morgan fingerprint density at radius 2 is 1.92 bits per heavy atom. The van der Waals surface area contributed by atoms with E-state index in [1.807, 2.05) is 37.3 Å². The Morgan fingerprint density at radius 1 is 1.19 bits per heavy atom. The lowest BCUT2D eigenvalue weighted by molar-refractivity contribution is -0.125. The van der Waals surface area contributed by atoms with E-state index in [0.717, 1.165) is 5.56 Å². The third kappa shape index (κ3) is 3.74. The van der Waals surface area contributed by atoms with Gasteiger partial charge in [-0.3, -0.25) is 19.3 Å². The maximum atomic E-state index is 12.5. The zero-order chi connectivity index (χ0) is 18.7. The highest BCUT2D eigenvalue weighted by Gasteiger charge is 2.28. The average Bonchev–Trinajstić information content (AvgIpc) is 2.64. The fourth-order valence-electron chi connectivity index (χ4n) is 2.85. The fourth-order valence-corrected chi connectivity index (χ4v) is 2.85. The number of Topliss-reactive ketones (excluding diaryl/α,β-unsaturated/α-hetero) is 1. The highest BCUT2D eigenvalue weighted by Crippen LogP contribution is 2.33. The van der Waals surface area contributed by atoms with Gasteiger partial charge in [0.25, 0.3) is 5.91 Å². The molecule has 1 heterocycles. The summed E-state index contributed by atoms with van der Waals surface area (Å²) in [7, 11) is 0. The molecular formula is C20H20N2O4. The molecule has 2 aromatic rings. The lowest BCUT2D eigenvalue weighted by atomic mass is 10.1. The van der Waals surface area contributed by atoms with Crippen molar-refractivity contribution in [3.05, 3.63) is 59.7 Å². The van der Waals surface area contributed by atoms with Crippen LogP contribution in [0.2, 0.25) is 0 Å². The number of rotatable bonds is 5. The molecule has 0 aromatic heterocycles. The number of carbonyl (C=O) groups excluding carboxylic acids is 3. The molecule has 3 rings (SSSR count). The van der Waals surface area contributed by atoms with Crippen molar-refractivity contribution in [1.82, 2.24) is 5.32 Å². The van der Waals surface area contributed by atoms with Crippen LogP contribution in [0.15, 0.2) is 48.5 Å². The van der Waals surface area contributed by atoms with Crippen LogP contribution in [0.3, 0.4) is 0 Å². The molecule has 134 valence electrons. The molecule has 6 nitrogen and oxygen atoms in total. The summed E-state index contributed by atoms with van der Waals surface area (Å²) in [6, 6.07) is 14.3. The van der Waals surface area contributed by atoms with Gasteiger partial charge >= 0.3 is 0 Å². The van der Waals surface area contributed by atoms with Crippen molar-refractivity contribution in [2.45, 2.75) is 19.9 Å². The molecule has 6 heteroatoms. The second-order valence-electron chi connectivity index (χ2n) is 6.21. The topological polar surface area (TPSA) is 75.7 Å². The van der Waals surface area contributed by atoms with Gasteiger partial charge < -0.3 is 10.1 Å². The van der Waals surface area contributed by atoms with Gasteiger partial charge in [-0.1, -0.05) is 30.3 Å². The molecule has 1 aliphatic heterocycles. The van der Waals surface area contributed by atoms with E-state index in [-0.39, 0.29) is 36.8 Å². The molecule has 2 aromatic carbocycles. The number of ether oxygens (including phenoxy) is 1. The SMILES string of the molecule is CC(=O)c1ccc2c(c1)N(CC(=O)NC(C)c1ccccc1)C(=O)CO2. The number of nitrogens with zero attached hydrogens (tertiary/aromatic N) is 1. The van der Waals surface area contributed by atoms with Crippen molar-refractivity contribution in [3.63, 3.8) is 0 Å². The number of carbonyl (C=O) groups is 3. The van der Waals surface area contributed by atoms with Gasteiger partial charge in [0, 0.05) is 5.56 Å². The van der Waals surface area contributed by atoms with Crippen LogP contribution < -0.4 is 15.0 Å². The summed E-state index contributed by atoms with van der Waals surface area (Å²) in [5, 5.41) is 2.89. The number of nitrogens with one attached hydrogen (secondary N) is 1. The van der Waals surface area contributed by atoms with Gasteiger partial charge in [-0.15, -0.1) is 0 Å². The first kappa shape index (κ1) is 17.7. The van der Waals surface area contributed by atoms with Gasteiger partial charge in [0.05, 0.1) is 11.7 Å². The first-order chi connectivity index (χ1) is 12.5. The maximum Gasteiger partial charge on any atom is 0.265 e. The maximum absolute atomic E-state index is 12.5. The minimum atomic E-state index is -0.319. The van der Waals surface area contributed by atoms with E-state index in [1.54, 1.807) is 18.2 Å². The number of ketones is 1. The third-order valence-corrected chi connectivity index (χ3v) is 4.29. The van der Waals surface area contributed by atoms with E-state index in [4.69, 9.17) is 4.74 Å². The monoisotopic (exact) mass is 352 g/mol. The van der Waals surface area contributed by atoms with Crippen molar-refractivity contribution in [3.8, 4) is 5.75 Å². The lowest BCUT2D eigenvalue weighted by Gasteiger charge is -2.29. The van der Waals surface area contributed by atoms with Crippen LogP contribution in [-0.2, 0) is 9.59 Å². The number of amides is 2. The summed E-state index contributed by atoms with van der Waals surface area (Å²) in [5.74, 6) is -0.233. The number of fused-ring (bicyclic) bond motifs is 1. The molecular weight excluding hydrogens is 332 g/mol. The number of benzene rings is 2. The van der Waals surface area contributed by atoms with Crippen LogP contribution in [0, 0.1) is 0 Å². The van der Waals surface area contributed by atoms with Gasteiger partial charge in [-0.2, -0.15) is 0 Å². The third-order valence-electron chi connectivity index (χ3n) is 4.29. The highest BCUT2D eigenvalue weighted by atomic mass is 16.5. The summed E-state index contributed by atoms with van der Waals surface area (Å²) in [4.78, 5) is 37.7. The van der Waals surface area contributed by atoms with E-state index in [0.29, 0.717) is 17.0 Å². The molecule has 2 amide bonds. The lowest BCUT2D eigenvalue weighted by Crippen LogP contribution is -2.45. The molecule has 1 atom stereocenters. The second-order valence-corrected chi connectivity index (χ2v) is 6.21. The fraction of sp³-hybridized carbons (Fsp3) is 0.250. The summed E-state index contributed by atoms with van der Waals surface area (Å²) in [6.45, 7) is 3.07. The zero-order valence-corrected chi connectivity index (χ0v) is 14.7. The molecule has 0 bridgehead atoms. The molecule has 0 aliphatic carbocycles. The van der Waals surface area contributed by atoms with E-state index < -0.39 is 0 Å². The van der Waals surface area contributed by atoms with Gasteiger partial charge in [0.15, 0.2) is 12.4 Å². The molecule has 0 saturated heterocycles. The van der Waals surface area contributed by atoms with Crippen molar-refractivity contribution >= 4 is 23.3 Å². The number of anilines is 1. The van der Waals surface area contributed by atoms with Crippen LogP contribution in [0.1, 0.15) is 35.8 Å². The minimum absolute atomic E-state index is 0.118. The van der Waals surface area contributed by atoms with Gasteiger partial charge in [-0.25, -0.2) is 0 Å². The number of hydrogen-bond donors (Lipinski definition) is 1. The second kappa shape index (κ2) is 7.39. The molecule has 26 heavy (non-hydrogen) atoms. The van der Waals surface area contributed by atoms with Crippen LogP contribution in [0.4, 0.5) is 5.69 Å². The summed E-state index contributed by atoms with van der Waals surface area (Å²) < 4.78 is 5.40. The smallest absolute Gasteiger partial charge is 0.265 e. The van der Waals surface area contributed by atoms with E-state index in [9.17, 15) is 14.4 Å². The van der Waals surface area contributed by atoms with Crippen LogP contribution in [0.25, 0.3) is 0 Å². The molecule has 0 radical (unpaired) electrons. The molecule has 0 spiro atoms. The van der Waals surface area contributed by atoms with Crippen molar-refractivity contribution < 1.29 is 19.1 Å². The quantitative estimate of drug-likeness (QED) is 0.839. The Morgan fingerprint density at radius 3 is 2.62 bits per heavy atom. The molecule has 1 aliphatic rings. The highest BCUT2D eigenvalue weighted by molar-refractivity contribution is 6.04. The Hall–Kier alpha value is -3.15. The van der Waals surface area contributed by atoms with E-state index >= 15 is 0 Å².